The number of nitrogens with one attached hydrogen (secondary N) is 1. The Hall–Kier alpha value is -3.39. The molecule has 0 saturated heterocycles. The van der Waals surface area contributed by atoms with Crippen LogP contribution in [0.1, 0.15) is 23.7 Å². The quantitative estimate of drug-likeness (QED) is 0.356. The van der Waals surface area contributed by atoms with Crippen LogP contribution in [0.5, 0.6) is 5.75 Å². The van der Waals surface area contributed by atoms with Gasteiger partial charge >= 0.3 is 5.97 Å². The number of carbonyl (C=O) groups excluding carboxylic acids is 1. The van der Waals surface area contributed by atoms with Crippen LogP contribution in [0.3, 0.4) is 0 Å². The molecule has 8 nitrogen and oxygen atoms in total. The van der Waals surface area contributed by atoms with E-state index in [2.05, 4.69) is 10.3 Å². The smallest absolute Gasteiger partial charge is 0.344 e. The van der Waals surface area contributed by atoms with Gasteiger partial charge in [-0.2, -0.15) is 0 Å². The number of rotatable bonds is 10. The highest BCUT2D eigenvalue weighted by molar-refractivity contribution is 5.97. The van der Waals surface area contributed by atoms with Crippen LogP contribution in [0.25, 0.3) is 11.0 Å². The molecule has 0 aliphatic rings. The van der Waals surface area contributed by atoms with E-state index in [1.54, 1.807) is 24.3 Å². The standard InChI is InChI=1S/C21H23N3O5/c1-14(20(27)28)29-16-9-7-15(8-10-16)19(26)13-24-18-6-3-2-5-17(18)23-21(24)22-11-4-12-25/h2-3,5-10,14,25H,4,11-13H2,1H3,(H,22,23)(H,27,28). The summed E-state index contributed by atoms with van der Waals surface area (Å²) in [7, 11) is 0. The number of ether oxygens (including phenoxy) is 1. The number of hydrogen-bond acceptors (Lipinski definition) is 6. The zero-order valence-electron chi connectivity index (χ0n) is 16.0. The Morgan fingerprint density at radius 3 is 2.59 bits per heavy atom. The molecule has 3 rings (SSSR count). The number of anilines is 1. The van der Waals surface area contributed by atoms with Gasteiger partial charge in [-0.3, -0.25) is 4.79 Å². The molecule has 0 amide bonds. The Balaban J connectivity index is 1.78. The van der Waals surface area contributed by atoms with E-state index in [0.717, 1.165) is 11.0 Å². The molecule has 0 saturated carbocycles. The maximum Gasteiger partial charge on any atom is 0.344 e. The first-order chi connectivity index (χ1) is 14.0. The van der Waals surface area contributed by atoms with Crippen LogP contribution in [0, 0.1) is 0 Å². The predicted octanol–water partition coefficient (Wildman–Crippen LogP) is 2.57. The molecule has 152 valence electrons. The van der Waals surface area contributed by atoms with Gasteiger partial charge in [-0.1, -0.05) is 12.1 Å². The molecular formula is C21H23N3O5. The number of aliphatic hydroxyl groups is 1. The Kier molecular flexibility index (Phi) is 6.46. The van der Waals surface area contributed by atoms with Gasteiger partial charge in [0.1, 0.15) is 5.75 Å². The minimum atomic E-state index is -1.06. The maximum atomic E-state index is 12.8. The molecule has 0 aliphatic heterocycles. The van der Waals surface area contributed by atoms with Gasteiger partial charge in [-0.05, 0) is 49.7 Å². The SMILES string of the molecule is CC(Oc1ccc(C(=O)Cn2c(NCCCO)nc3ccccc32)cc1)C(=O)O. The third kappa shape index (κ3) is 4.91. The molecule has 1 aromatic heterocycles. The zero-order chi connectivity index (χ0) is 20.8. The number of aromatic nitrogens is 2. The largest absolute Gasteiger partial charge is 0.479 e. The van der Waals surface area contributed by atoms with Crippen molar-refractivity contribution in [2.45, 2.75) is 26.0 Å². The highest BCUT2D eigenvalue weighted by atomic mass is 16.5. The monoisotopic (exact) mass is 397 g/mol. The minimum Gasteiger partial charge on any atom is -0.479 e. The second kappa shape index (κ2) is 9.20. The van der Waals surface area contributed by atoms with Gasteiger partial charge in [0.05, 0.1) is 17.6 Å². The number of carbonyl (C=O) groups is 2. The number of fused-ring (bicyclic) bond motifs is 1. The van der Waals surface area contributed by atoms with E-state index in [0.29, 0.717) is 30.2 Å². The number of benzene rings is 2. The van der Waals surface area contributed by atoms with Crippen LogP contribution in [0.2, 0.25) is 0 Å². The number of hydrogen-bond donors (Lipinski definition) is 3. The van der Waals surface area contributed by atoms with Crippen molar-refractivity contribution in [2.75, 3.05) is 18.5 Å². The number of aliphatic hydroxyl groups excluding tert-OH is 1. The normalized spacial score (nSPS) is 11.9. The van der Waals surface area contributed by atoms with Gasteiger partial charge in [-0.25, -0.2) is 9.78 Å². The van der Waals surface area contributed by atoms with Crippen LogP contribution in [0.4, 0.5) is 5.95 Å². The first-order valence-electron chi connectivity index (χ1n) is 9.32. The lowest BCUT2D eigenvalue weighted by molar-refractivity contribution is -0.144. The summed E-state index contributed by atoms with van der Waals surface area (Å²) in [6.07, 6.45) is -0.394. The van der Waals surface area contributed by atoms with E-state index in [4.69, 9.17) is 14.9 Å². The van der Waals surface area contributed by atoms with Crippen molar-refractivity contribution in [1.29, 1.82) is 0 Å². The van der Waals surface area contributed by atoms with Crippen LogP contribution in [-0.2, 0) is 11.3 Å². The van der Waals surface area contributed by atoms with Crippen molar-refractivity contribution >= 4 is 28.7 Å². The summed E-state index contributed by atoms with van der Waals surface area (Å²) in [4.78, 5) is 28.2. The zero-order valence-corrected chi connectivity index (χ0v) is 16.0. The van der Waals surface area contributed by atoms with Crippen molar-refractivity contribution in [2.24, 2.45) is 0 Å². The van der Waals surface area contributed by atoms with E-state index in [-0.39, 0.29) is 18.9 Å². The molecule has 1 unspecified atom stereocenters. The third-order valence-corrected chi connectivity index (χ3v) is 4.41. The molecule has 1 heterocycles. The lowest BCUT2D eigenvalue weighted by atomic mass is 10.1. The number of imidazole rings is 1. The summed E-state index contributed by atoms with van der Waals surface area (Å²) in [5, 5.41) is 21.1. The van der Waals surface area contributed by atoms with E-state index >= 15 is 0 Å². The van der Waals surface area contributed by atoms with E-state index in [1.807, 2.05) is 28.8 Å². The third-order valence-electron chi connectivity index (χ3n) is 4.41. The van der Waals surface area contributed by atoms with Gasteiger partial charge in [0.15, 0.2) is 11.9 Å². The number of nitrogens with zero attached hydrogens (tertiary/aromatic N) is 2. The molecule has 0 spiro atoms. The van der Waals surface area contributed by atoms with Crippen molar-refractivity contribution in [1.82, 2.24) is 9.55 Å². The predicted molar refractivity (Wildman–Crippen MR) is 108 cm³/mol. The summed E-state index contributed by atoms with van der Waals surface area (Å²) in [5.41, 5.74) is 2.10. The Labute approximate surface area is 167 Å². The van der Waals surface area contributed by atoms with Crippen LogP contribution in [0.15, 0.2) is 48.5 Å². The first-order valence-corrected chi connectivity index (χ1v) is 9.32. The number of para-hydroxylation sites is 2. The molecule has 8 heteroatoms. The molecule has 2 aromatic carbocycles. The molecule has 29 heavy (non-hydrogen) atoms. The van der Waals surface area contributed by atoms with Crippen LogP contribution >= 0.6 is 0 Å². The highest BCUT2D eigenvalue weighted by Crippen LogP contribution is 2.21. The summed E-state index contributed by atoms with van der Waals surface area (Å²) < 4.78 is 7.10. The fourth-order valence-corrected chi connectivity index (χ4v) is 2.86. The van der Waals surface area contributed by atoms with E-state index < -0.39 is 12.1 Å². The summed E-state index contributed by atoms with van der Waals surface area (Å²) in [6.45, 7) is 2.15. The van der Waals surface area contributed by atoms with E-state index in [1.165, 1.54) is 6.92 Å². The van der Waals surface area contributed by atoms with E-state index in [9.17, 15) is 9.59 Å². The number of carboxylic acids is 1. The fourth-order valence-electron chi connectivity index (χ4n) is 2.86. The lowest BCUT2D eigenvalue weighted by Gasteiger charge is -2.12. The molecule has 0 aliphatic carbocycles. The second-order valence-corrected chi connectivity index (χ2v) is 6.56. The van der Waals surface area contributed by atoms with Gasteiger partial charge < -0.3 is 24.8 Å². The topological polar surface area (TPSA) is 114 Å². The summed E-state index contributed by atoms with van der Waals surface area (Å²) in [5.74, 6) is -0.214. The van der Waals surface area contributed by atoms with Crippen molar-refractivity contribution in [3.8, 4) is 5.75 Å². The number of Topliss-reactive ketones (excluding diaryl/α,β-unsaturated/α-hetero) is 1. The summed E-state index contributed by atoms with van der Waals surface area (Å²) >= 11 is 0. The van der Waals surface area contributed by atoms with Crippen LogP contribution in [-0.4, -0.2) is 50.8 Å². The molecule has 1 atom stereocenters. The molecule has 3 N–H and O–H groups in total. The average Bonchev–Trinajstić information content (AvgIpc) is 3.06. The molecular weight excluding hydrogens is 374 g/mol. The maximum absolute atomic E-state index is 12.8. The number of aliphatic carboxylic acids is 1. The average molecular weight is 397 g/mol. The van der Waals surface area contributed by atoms with Gasteiger partial charge in [0.2, 0.25) is 5.95 Å². The van der Waals surface area contributed by atoms with Crippen molar-refractivity contribution in [3.05, 3.63) is 54.1 Å². The second-order valence-electron chi connectivity index (χ2n) is 6.56. The first kappa shape index (κ1) is 20.3. The molecule has 0 fully saturated rings. The van der Waals surface area contributed by atoms with Gasteiger partial charge in [0, 0.05) is 18.7 Å². The summed E-state index contributed by atoms with van der Waals surface area (Å²) in [6, 6.07) is 13.9. The van der Waals surface area contributed by atoms with Gasteiger partial charge in [0.25, 0.3) is 0 Å². The number of ketones is 1. The molecule has 0 radical (unpaired) electrons. The Morgan fingerprint density at radius 1 is 1.17 bits per heavy atom. The molecule has 3 aromatic rings. The fraction of sp³-hybridized carbons (Fsp3) is 0.286. The molecule has 0 bridgehead atoms. The Bertz CT molecular complexity index is 997. The van der Waals surface area contributed by atoms with Crippen molar-refractivity contribution in [3.63, 3.8) is 0 Å². The highest BCUT2D eigenvalue weighted by Gasteiger charge is 2.16. The lowest BCUT2D eigenvalue weighted by Crippen LogP contribution is -2.22. The number of carboxylic acid groups (broad SMARTS) is 1. The minimum absolute atomic E-state index is 0.0705. The van der Waals surface area contributed by atoms with Crippen LogP contribution < -0.4 is 10.1 Å². The van der Waals surface area contributed by atoms with Crippen molar-refractivity contribution < 1.29 is 24.5 Å². The Morgan fingerprint density at radius 2 is 1.90 bits per heavy atom. The van der Waals surface area contributed by atoms with Gasteiger partial charge in [-0.15, -0.1) is 0 Å².